The standard InChI is InChI=1S/C7H12NO.C6H5.Y/c1-7(9)8-5-3-2-4-6-8;1-2-4-6-5-3-1;/h1-6H2;1-5H;/q2*-1;. The number of carbonyl (C=O) groups is 1. The Balaban J connectivity index is 0.000000283. The van der Waals surface area contributed by atoms with Crippen LogP contribution in [-0.4, -0.2) is 23.9 Å². The van der Waals surface area contributed by atoms with Crippen molar-refractivity contribution in [2.75, 3.05) is 13.1 Å². The molecule has 1 radical (unpaired) electrons. The van der Waals surface area contributed by atoms with E-state index in [1.165, 1.54) is 6.42 Å². The van der Waals surface area contributed by atoms with E-state index in [4.69, 9.17) is 0 Å². The normalized spacial score (nSPS) is 14.1. The van der Waals surface area contributed by atoms with Gasteiger partial charge in [-0.15, -0.1) is 0 Å². The Morgan fingerprint density at radius 1 is 1.06 bits per heavy atom. The van der Waals surface area contributed by atoms with Gasteiger partial charge in [-0.25, -0.2) is 0 Å². The molecule has 1 heterocycles. The maximum Gasteiger partial charge on any atom is 0.0823 e. The van der Waals surface area contributed by atoms with E-state index in [0.29, 0.717) is 0 Å². The predicted molar refractivity (Wildman–Crippen MR) is 61.1 cm³/mol. The SMILES string of the molecule is [CH2-]C(=O)N1CCCCC1.[Y].[c-]1ccccc1. The number of piperidine rings is 1. The van der Waals surface area contributed by atoms with Gasteiger partial charge >= 0.3 is 0 Å². The van der Waals surface area contributed by atoms with Gasteiger partial charge < -0.3 is 16.6 Å². The van der Waals surface area contributed by atoms with Crippen LogP contribution in [0.5, 0.6) is 0 Å². The summed E-state index contributed by atoms with van der Waals surface area (Å²) in [6.45, 7) is 5.19. The summed E-state index contributed by atoms with van der Waals surface area (Å²) in [6, 6.07) is 12.5. The monoisotopic (exact) mass is 292 g/mol. The third-order valence-electron chi connectivity index (χ3n) is 2.32. The average molecular weight is 292 g/mol. The smallest absolute Gasteiger partial charge is 0.0823 e. The van der Waals surface area contributed by atoms with E-state index < -0.39 is 0 Å². The molecular weight excluding hydrogens is 275 g/mol. The summed E-state index contributed by atoms with van der Waals surface area (Å²) in [5, 5.41) is 0. The van der Waals surface area contributed by atoms with Crippen molar-refractivity contribution in [1.82, 2.24) is 4.90 Å². The topological polar surface area (TPSA) is 20.3 Å². The second kappa shape index (κ2) is 9.86. The van der Waals surface area contributed by atoms with Crippen LogP contribution in [0.2, 0.25) is 0 Å². The molecule has 1 amide bonds. The van der Waals surface area contributed by atoms with Gasteiger partial charge in [0.25, 0.3) is 0 Å². The fraction of sp³-hybridized carbons (Fsp3) is 0.385. The first-order chi connectivity index (χ1) is 7.30. The van der Waals surface area contributed by atoms with Crippen molar-refractivity contribution in [2.45, 2.75) is 19.3 Å². The number of carbonyl (C=O) groups excluding carboxylic acids is 1. The molecule has 0 N–H and O–H groups in total. The van der Waals surface area contributed by atoms with Crippen LogP contribution < -0.4 is 0 Å². The molecular formula is C13H17NOY-2. The van der Waals surface area contributed by atoms with Gasteiger partial charge in [-0.1, -0.05) is 0 Å². The zero-order valence-electron chi connectivity index (χ0n) is 9.56. The second-order valence-corrected chi connectivity index (χ2v) is 3.52. The van der Waals surface area contributed by atoms with Crippen LogP contribution in [0.1, 0.15) is 19.3 Å². The van der Waals surface area contributed by atoms with Crippen LogP contribution in [0.4, 0.5) is 0 Å². The van der Waals surface area contributed by atoms with Crippen molar-refractivity contribution >= 4 is 5.91 Å². The Morgan fingerprint density at radius 3 is 1.88 bits per heavy atom. The van der Waals surface area contributed by atoms with Crippen molar-refractivity contribution < 1.29 is 37.5 Å². The van der Waals surface area contributed by atoms with Crippen LogP contribution in [0, 0.1) is 13.0 Å². The van der Waals surface area contributed by atoms with Gasteiger partial charge in [0, 0.05) is 45.8 Å². The Labute approximate surface area is 123 Å². The average Bonchev–Trinajstić information content (AvgIpc) is 2.33. The Hall–Kier alpha value is -0.336. The number of rotatable bonds is 0. The predicted octanol–water partition coefficient (Wildman–Crippen LogP) is 2.32. The molecule has 1 aromatic rings. The number of benzene rings is 1. The van der Waals surface area contributed by atoms with Gasteiger partial charge in [-0.2, -0.15) is 36.4 Å². The van der Waals surface area contributed by atoms with E-state index in [2.05, 4.69) is 13.0 Å². The van der Waals surface area contributed by atoms with E-state index in [1.54, 1.807) is 0 Å². The van der Waals surface area contributed by atoms with Crippen molar-refractivity contribution in [3.05, 3.63) is 43.3 Å². The quantitative estimate of drug-likeness (QED) is 0.672. The largest absolute Gasteiger partial charge is 0.368 e. The van der Waals surface area contributed by atoms with Gasteiger partial charge in [-0.3, -0.25) is 0 Å². The Morgan fingerprint density at radius 2 is 1.62 bits per heavy atom. The van der Waals surface area contributed by atoms with Gasteiger partial charge in [0.2, 0.25) is 0 Å². The maximum atomic E-state index is 10.6. The van der Waals surface area contributed by atoms with Crippen molar-refractivity contribution in [3.8, 4) is 0 Å². The number of amides is 1. The van der Waals surface area contributed by atoms with E-state index >= 15 is 0 Å². The summed E-state index contributed by atoms with van der Waals surface area (Å²) in [7, 11) is 0. The number of hydrogen-bond donors (Lipinski definition) is 0. The fourth-order valence-corrected chi connectivity index (χ4v) is 1.49. The van der Waals surface area contributed by atoms with Crippen LogP contribution in [-0.2, 0) is 37.5 Å². The van der Waals surface area contributed by atoms with Gasteiger partial charge in [-0.05, 0) is 19.3 Å². The molecule has 1 aliphatic heterocycles. The molecule has 0 spiro atoms. The molecule has 0 bridgehead atoms. The van der Waals surface area contributed by atoms with Crippen LogP contribution >= 0.6 is 0 Å². The van der Waals surface area contributed by atoms with E-state index in [1.807, 2.05) is 35.2 Å². The molecule has 3 heteroatoms. The van der Waals surface area contributed by atoms with E-state index in [9.17, 15) is 4.79 Å². The molecule has 85 valence electrons. The van der Waals surface area contributed by atoms with Crippen LogP contribution in [0.25, 0.3) is 0 Å². The van der Waals surface area contributed by atoms with Gasteiger partial charge in [0.15, 0.2) is 0 Å². The molecule has 2 rings (SSSR count). The Kier molecular flexibility index (Phi) is 9.65. The van der Waals surface area contributed by atoms with Crippen LogP contribution in [0.3, 0.4) is 0 Å². The van der Waals surface area contributed by atoms with Crippen molar-refractivity contribution in [1.29, 1.82) is 0 Å². The first-order valence-corrected chi connectivity index (χ1v) is 5.32. The summed E-state index contributed by atoms with van der Waals surface area (Å²) in [5.74, 6) is -0.0188. The summed E-state index contributed by atoms with van der Waals surface area (Å²) >= 11 is 0. The first-order valence-electron chi connectivity index (χ1n) is 5.32. The zero-order chi connectivity index (χ0) is 10.9. The summed E-state index contributed by atoms with van der Waals surface area (Å²) < 4.78 is 0. The minimum atomic E-state index is -0.0188. The molecule has 2 nitrogen and oxygen atoms in total. The second-order valence-electron chi connectivity index (χ2n) is 3.52. The van der Waals surface area contributed by atoms with Crippen LogP contribution in [0.15, 0.2) is 30.3 Å². The van der Waals surface area contributed by atoms with Crippen molar-refractivity contribution in [2.24, 2.45) is 0 Å². The summed E-state index contributed by atoms with van der Waals surface area (Å²) in [6.07, 6.45) is 3.58. The minimum Gasteiger partial charge on any atom is -0.368 e. The number of hydrogen-bond acceptors (Lipinski definition) is 1. The van der Waals surface area contributed by atoms with E-state index in [-0.39, 0.29) is 38.6 Å². The summed E-state index contributed by atoms with van der Waals surface area (Å²) in [5.41, 5.74) is 0. The molecule has 1 fully saturated rings. The zero-order valence-corrected chi connectivity index (χ0v) is 12.4. The maximum absolute atomic E-state index is 10.6. The third-order valence-corrected chi connectivity index (χ3v) is 2.32. The van der Waals surface area contributed by atoms with Crippen molar-refractivity contribution in [3.63, 3.8) is 0 Å². The molecule has 16 heavy (non-hydrogen) atoms. The molecule has 0 atom stereocenters. The molecule has 0 unspecified atom stereocenters. The van der Waals surface area contributed by atoms with Gasteiger partial charge in [0.05, 0.1) is 5.91 Å². The molecule has 0 aliphatic carbocycles. The molecule has 1 aliphatic rings. The molecule has 1 aromatic carbocycles. The third kappa shape index (κ3) is 7.02. The fourth-order valence-electron chi connectivity index (χ4n) is 1.49. The number of nitrogens with zero attached hydrogens (tertiary/aromatic N) is 1. The Bertz CT molecular complexity index is 244. The molecule has 1 saturated heterocycles. The molecule has 0 saturated carbocycles. The first kappa shape index (κ1) is 15.7. The summed E-state index contributed by atoms with van der Waals surface area (Å²) in [4.78, 5) is 12.4. The molecule has 0 aromatic heterocycles. The minimum absolute atomic E-state index is 0. The number of likely N-dealkylation sites (tertiary alicyclic amines) is 1. The van der Waals surface area contributed by atoms with E-state index in [0.717, 1.165) is 25.9 Å². The van der Waals surface area contributed by atoms with Gasteiger partial charge in [0.1, 0.15) is 0 Å².